The van der Waals surface area contributed by atoms with E-state index in [9.17, 15) is 14.4 Å². The van der Waals surface area contributed by atoms with Crippen molar-refractivity contribution in [1.82, 2.24) is 0 Å². The Labute approximate surface area is 243 Å². The molecule has 0 bridgehead atoms. The van der Waals surface area contributed by atoms with Gasteiger partial charge in [0, 0.05) is 18.8 Å². The van der Waals surface area contributed by atoms with Crippen molar-refractivity contribution in [3.63, 3.8) is 0 Å². The van der Waals surface area contributed by atoms with Crippen LogP contribution in [0.4, 0.5) is 0 Å². The van der Waals surface area contributed by atoms with Crippen molar-refractivity contribution >= 4 is 26.0 Å². The highest BCUT2D eigenvalue weighted by Crippen LogP contribution is 2.67. The van der Waals surface area contributed by atoms with E-state index in [1.54, 1.807) is 0 Å². The van der Waals surface area contributed by atoms with Crippen LogP contribution >= 0.6 is 0 Å². The van der Waals surface area contributed by atoms with Crippen LogP contribution < -0.4 is 0 Å². The molecule has 6 nitrogen and oxygen atoms in total. The lowest BCUT2D eigenvalue weighted by molar-refractivity contribution is -0.165. The number of methoxy groups -OCH3 is 1. The van der Waals surface area contributed by atoms with Gasteiger partial charge >= 0.3 is 11.9 Å². The third-order valence-corrected chi connectivity index (χ3v) is 17.0. The van der Waals surface area contributed by atoms with Gasteiger partial charge in [-0.3, -0.25) is 14.4 Å². The lowest BCUT2D eigenvalue weighted by Gasteiger charge is -2.60. The highest BCUT2D eigenvalue weighted by molar-refractivity contribution is 6.74. The van der Waals surface area contributed by atoms with Crippen molar-refractivity contribution in [2.24, 2.45) is 40.4 Å². The molecule has 226 valence electrons. The molecular formula is C33H54O6Si. The van der Waals surface area contributed by atoms with Crippen LogP contribution in [0, 0.1) is 40.4 Å². The first-order chi connectivity index (χ1) is 18.5. The molecule has 0 amide bonds. The number of carbonyl (C=O) groups excluding carboxylic acids is 3. The lowest BCUT2D eigenvalue weighted by atomic mass is 9.44. The molecule has 0 aliphatic heterocycles. The average molecular weight is 575 g/mol. The van der Waals surface area contributed by atoms with Crippen LogP contribution in [0.25, 0.3) is 0 Å². The van der Waals surface area contributed by atoms with Gasteiger partial charge in [0.15, 0.2) is 8.32 Å². The zero-order chi connectivity index (χ0) is 29.8. The number of fused-ring (bicyclic) bond motifs is 5. The van der Waals surface area contributed by atoms with Gasteiger partial charge < -0.3 is 13.9 Å². The first-order valence-electron chi connectivity index (χ1n) is 15.6. The number of ether oxygens (including phenoxy) is 2. The number of hydrogen-bond donors (Lipinski definition) is 0. The number of rotatable bonds is 7. The van der Waals surface area contributed by atoms with Crippen LogP contribution in [-0.4, -0.2) is 45.4 Å². The Morgan fingerprint density at radius 1 is 1.07 bits per heavy atom. The predicted octanol–water partition coefficient (Wildman–Crippen LogP) is 7.27. The number of carbonyl (C=O) groups is 3. The molecule has 0 aromatic carbocycles. The zero-order valence-corrected chi connectivity index (χ0v) is 27.6. The van der Waals surface area contributed by atoms with Crippen molar-refractivity contribution in [1.29, 1.82) is 0 Å². The molecule has 0 aromatic rings. The fraction of sp³-hybridized carbons (Fsp3) is 0.848. The summed E-state index contributed by atoms with van der Waals surface area (Å²) < 4.78 is 17.5. The highest BCUT2D eigenvalue weighted by Gasteiger charge is 2.64. The number of esters is 2. The molecule has 0 spiro atoms. The Bertz CT molecular complexity index is 1030. The van der Waals surface area contributed by atoms with Gasteiger partial charge in [0.2, 0.25) is 0 Å². The van der Waals surface area contributed by atoms with E-state index in [4.69, 9.17) is 13.9 Å². The summed E-state index contributed by atoms with van der Waals surface area (Å²) in [6.45, 7) is 21.7. The summed E-state index contributed by atoms with van der Waals surface area (Å²) >= 11 is 0. The molecule has 9 atom stereocenters. The SMILES string of the molecule is C=C(C(CC(=O)OC)O[Si](C)(C)C(C)(C)C)[C@H]1CC[C@H]2[C@@H]3CC[C@@H]4C[C@@H](OC(C)=O)CC[C@]4(C)[C@H]3CC(=O)[C@]12C. The molecule has 0 heterocycles. The van der Waals surface area contributed by atoms with E-state index in [0.29, 0.717) is 35.9 Å². The topological polar surface area (TPSA) is 78.9 Å². The van der Waals surface area contributed by atoms with Gasteiger partial charge in [-0.25, -0.2) is 0 Å². The van der Waals surface area contributed by atoms with Crippen LogP contribution in [-0.2, 0) is 28.3 Å². The van der Waals surface area contributed by atoms with Crippen molar-refractivity contribution < 1.29 is 28.3 Å². The molecule has 4 aliphatic rings. The van der Waals surface area contributed by atoms with Gasteiger partial charge in [0.1, 0.15) is 11.9 Å². The highest BCUT2D eigenvalue weighted by atomic mass is 28.4. The number of ketones is 1. The van der Waals surface area contributed by atoms with Crippen LogP contribution in [0.2, 0.25) is 18.1 Å². The Morgan fingerprint density at radius 3 is 2.35 bits per heavy atom. The molecule has 7 heteroatoms. The summed E-state index contributed by atoms with van der Waals surface area (Å²) in [5.41, 5.74) is 0.556. The van der Waals surface area contributed by atoms with Crippen molar-refractivity contribution in [2.45, 2.75) is 130 Å². The minimum Gasteiger partial charge on any atom is -0.469 e. The molecule has 1 unspecified atom stereocenters. The number of hydrogen-bond acceptors (Lipinski definition) is 6. The van der Waals surface area contributed by atoms with E-state index >= 15 is 0 Å². The second kappa shape index (κ2) is 11.0. The van der Waals surface area contributed by atoms with Gasteiger partial charge in [-0.1, -0.05) is 41.2 Å². The average Bonchev–Trinajstić information content (AvgIpc) is 3.21. The van der Waals surface area contributed by atoms with E-state index in [1.165, 1.54) is 14.0 Å². The molecule has 4 aliphatic carbocycles. The van der Waals surface area contributed by atoms with Crippen LogP contribution in [0.15, 0.2) is 12.2 Å². The summed E-state index contributed by atoms with van der Waals surface area (Å²) in [5, 5.41) is -0.0137. The monoisotopic (exact) mass is 574 g/mol. The van der Waals surface area contributed by atoms with Crippen molar-refractivity contribution in [3.8, 4) is 0 Å². The standard InChI is InChI=1S/C33H54O6Si/c1-20(28(19-30(36)37-8)39-40(9,10)31(3,4)5)25-13-14-26-24-12-11-22-17-23(38-21(2)34)15-16-32(22,6)27(24)18-29(35)33(25,26)7/h22-28H,1,11-19H2,2-10H3/t22-,23+,24+,25-,26+,27+,28?,32+,33-/m1/s1. The van der Waals surface area contributed by atoms with Crippen molar-refractivity contribution in [2.75, 3.05) is 7.11 Å². The van der Waals surface area contributed by atoms with Gasteiger partial charge in [0.25, 0.3) is 0 Å². The maximum Gasteiger partial charge on any atom is 0.308 e. The second-order valence-electron chi connectivity index (χ2n) is 15.4. The van der Waals surface area contributed by atoms with Crippen LogP contribution in [0.3, 0.4) is 0 Å². The number of Topliss-reactive ketones (excluding diaryl/α,β-unsaturated/α-hetero) is 1. The largest absolute Gasteiger partial charge is 0.469 e. The molecule has 0 radical (unpaired) electrons. The third-order valence-electron chi connectivity index (χ3n) is 12.5. The van der Waals surface area contributed by atoms with Gasteiger partial charge in [-0.05, 0) is 104 Å². The summed E-state index contributed by atoms with van der Waals surface area (Å²) in [6, 6.07) is 0. The molecule has 0 saturated heterocycles. The normalized spacial score (nSPS) is 38.5. The molecule has 4 rings (SSSR count). The molecule has 4 fully saturated rings. The lowest BCUT2D eigenvalue weighted by Crippen LogP contribution is -2.57. The minimum atomic E-state index is -2.20. The fourth-order valence-corrected chi connectivity index (χ4v) is 10.4. The summed E-state index contributed by atoms with van der Waals surface area (Å²) in [4.78, 5) is 38.4. The Balaban J connectivity index is 1.58. The van der Waals surface area contributed by atoms with E-state index in [-0.39, 0.29) is 40.8 Å². The van der Waals surface area contributed by atoms with E-state index in [0.717, 1.165) is 50.5 Å². The smallest absolute Gasteiger partial charge is 0.308 e. The van der Waals surface area contributed by atoms with Gasteiger partial charge in [0.05, 0.1) is 19.6 Å². The Hall–Kier alpha value is -1.47. The quantitative estimate of drug-likeness (QED) is 0.181. The second-order valence-corrected chi connectivity index (χ2v) is 20.2. The fourth-order valence-electron chi connectivity index (χ4n) is 9.10. The third kappa shape index (κ3) is 5.39. The maximum absolute atomic E-state index is 14.3. The predicted molar refractivity (Wildman–Crippen MR) is 159 cm³/mol. The first kappa shape index (κ1) is 31.5. The first-order valence-corrected chi connectivity index (χ1v) is 18.5. The molecule has 0 aromatic heterocycles. The zero-order valence-electron chi connectivity index (χ0n) is 26.6. The van der Waals surface area contributed by atoms with Crippen LogP contribution in [0.5, 0.6) is 0 Å². The minimum absolute atomic E-state index is 0.00982. The maximum atomic E-state index is 14.3. The summed E-state index contributed by atoms with van der Waals surface area (Å²) in [6.07, 6.45) is 7.40. The van der Waals surface area contributed by atoms with E-state index in [1.807, 2.05) is 0 Å². The molecule has 4 saturated carbocycles. The Kier molecular flexibility index (Phi) is 8.64. The molecule has 40 heavy (non-hydrogen) atoms. The van der Waals surface area contributed by atoms with Gasteiger partial charge in [-0.15, -0.1) is 0 Å². The van der Waals surface area contributed by atoms with Crippen LogP contribution in [0.1, 0.15) is 99.3 Å². The summed E-state index contributed by atoms with van der Waals surface area (Å²) in [7, 11) is -0.785. The molecule has 0 N–H and O–H groups in total. The Morgan fingerprint density at radius 2 is 1.75 bits per heavy atom. The summed E-state index contributed by atoms with van der Waals surface area (Å²) in [5.74, 6) is 1.63. The van der Waals surface area contributed by atoms with E-state index in [2.05, 4.69) is 54.3 Å². The van der Waals surface area contributed by atoms with Gasteiger partial charge in [-0.2, -0.15) is 0 Å². The van der Waals surface area contributed by atoms with E-state index < -0.39 is 19.8 Å². The molecular weight excluding hydrogens is 520 g/mol. The van der Waals surface area contributed by atoms with Crippen molar-refractivity contribution in [3.05, 3.63) is 12.2 Å².